The van der Waals surface area contributed by atoms with Crippen molar-refractivity contribution in [1.82, 2.24) is 9.80 Å². The minimum Gasteiger partial charge on any atom is -0.493 e. The third-order valence-electron chi connectivity index (χ3n) is 4.70. The molecule has 0 spiro atoms. The van der Waals surface area contributed by atoms with Crippen molar-refractivity contribution in [3.8, 4) is 5.75 Å². The zero-order chi connectivity index (χ0) is 18.4. The molecule has 6 heteroatoms. The largest absolute Gasteiger partial charge is 0.493 e. The molecule has 0 saturated carbocycles. The predicted octanol–water partition coefficient (Wildman–Crippen LogP) is 2.32. The fourth-order valence-corrected chi connectivity index (χ4v) is 3.15. The van der Waals surface area contributed by atoms with Crippen LogP contribution >= 0.6 is 0 Å². The summed E-state index contributed by atoms with van der Waals surface area (Å²) in [5.41, 5.74) is 7.61. The maximum absolute atomic E-state index is 12.5. The highest BCUT2D eigenvalue weighted by atomic mass is 16.5. The molecule has 0 bridgehead atoms. The van der Waals surface area contributed by atoms with E-state index in [-0.39, 0.29) is 11.8 Å². The summed E-state index contributed by atoms with van der Waals surface area (Å²) in [6.45, 7) is 6.34. The quantitative estimate of drug-likeness (QED) is 0.803. The third-order valence-corrected chi connectivity index (χ3v) is 4.70. The van der Waals surface area contributed by atoms with E-state index in [1.165, 1.54) is 5.56 Å². The van der Waals surface area contributed by atoms with Crippen LogP contribution in [0.15, 0.2) is 18.2 Å². The van der Waals surface area contributed by atoms with Gasteiger partial charge in [0.15, 0.2) is 0 Å². The summed E-state index contributed by atoms with van der Waals surface area (Å²) in [5.74, 6) is 0.835. The van der Waals surface area contributed by atoms with Crippen LogP contribution in [-0.4, -0.2) is 55.0 Å². The van der Waals surface area contributed by atoms with Gasteiger partial charge < -0.3 is 20.3 Å². The lowest BCUT2D eigenvalue weighted by atomic mass is 9.97. The lowest BCUT2D eigenvalue weighted by Crippen LogP contribution is -2.47. The number of amides is 3. The average Bonchev–Trinajstić information content (AvgIpc) is 2.60. The summed E-state index contributed by atoms with van der Waals surface area (Å²) in [5, 5.41) is 0. The van der Waals surface area contributed by atoms with Crippen LogP contribution in [0.4, 0.5) is 4.79 Å². The molecule has 2 N–H and O–H groups in total. The zero-order valence-electron chi connectivity index (χ0n) is 15.5. The number of aryl methyl sites for hydroxylation is 2. The number of primary amides is 1. The number of nitrogens with two attached hydrogens (primary N) is 1. The Morgan fingerprint density at radius 1 is 1.36 bits per heavy atom. The fraction of sp³-hybridized carbons (Fsp3) is 0.579. The van der Waals surface area contributed by atoms with Crippen molar-refractivity contribution in [3.05, 3.63) is 29.3 Å². The van der Waals surface area contributed by atoms with Gasteiger partial charge in [-0.15, -0.1) is 0 Å². The molecule has 1 saturated heterocycles. The van der Waals surface area contributed by atoms with Gasteiger partial charge in [-0.05, 0) is 50.3 Å². The van der Waals surface area contributed by atoms with E-state index in [9.17, 15) is 9.59 Å². The Morgan fingerprint density at radius 3 is 2.84 bits per heavy atom. The van der Waals surface area contributed by atoms with Crippen LogP contribution in [-0.2, 0) is 4.79 Å². The average molecular weight is 347 g/mol. The molecule has 6 nitrogen and oxygen atoms in total. The standard InChI is InChI=1S/C19H29N3O3/c1-14-7-8-15(2)17(12-14)25-11-5-9-21(3)18(23)16-6-4-10-22(13-16)19(20)24/h7-8,12,16H,4-6,9-11,13H2,1-3H3,(H2,20,24). The molecule has 1 heterocycles. The highest BCUT2D eigenvalue weighted by Gasteiger charge is 2.29. The summed E-state index contributed by atoms with van der Waals surface area (Å²) >= 11 is 0. The third kappa shape index (κ3) is 5.37. The first-order valence-electron chi connectivity index (χ1n) is 8.88. The van der Waals surface area contributed by atoms with Gasteiger partial charge in [-0.3, -0.25) is 4.79 Å². The van der Waals surface area contributed by atoms with E-state index in [0.717, 1.165) is 30.6 Å². The number of nitrogens with zero attached hydrogens (tertiary/aromatic N) is 2. The molecule has 1 aromatic carbocycles. The van der Waals surface area contributed by atoms with Gasteiger partial charge >= 0.3 is 6.03 Å². The van der Waals surface area contributed by atoms with Gasteiger partial charge in [0.2, 0.25) is 5.91 Å². The number of benzene rings is 1. The van der Waals surface area contributed by atoms with E-state index in [4.69, 9.17) is 10.5 Å². The van der Waals surface area contributed by atoms with E-state index in [1.807, 2.05) is 33.0 Å². The summed E-state index contributed by atoms with van der Waals surface area (Å²) in [6.07, 6.45) is 2.40. The molecule has 1 aliphatic heterocycles. The summed E-state index contributed by atoms with van der Waals surface area (Å²) < 4.78 is 5.83. The number of carbonyl (C=O) groups is 2. The number of hydrogen-bond donors (Lipinski definition) is 1. The minimum atomic E-state index is -0.443. The fourth-order valence-electron chi connectivity index (χ4n) is 3.15. The number of carbonyl (C=O) groups excluding carboxylic acids is 2. The van der Waals surface area contributed by atoms with Gasteiger partial charge in [0, 0.05) is 26.7 Å². The first kappa shape index (κ1) is 19.1. The number of hydrogen-bond acceptors (Lipinski definition) is 3. The Kier molecular flexibility index (Phi) is 6.67. The van der Waals surface area contributed by atoms with Crippen molar-refractivity contribution in [2.24, 2.45) is 11.7 Å². The van der Waals surface area contributed by atoms with E-state index in [2.05, 4.69) is 6.07 Å². The van der Waals surface area contributed by atoms with Crippen LogP contribution in [0.3, 0.4) is 0 Å². The van der Waals surface area contributed by atoms with Crippen LogP contribution in [0.1, 0.15) is 30.4 Å². The smallest absolute Gasteiger partial charge is 0.314 e. The number of likely N-dealkylation sites (tertiary alicyclic amines) is 1. The van der Waals surface area contributed by atoms with Crippen molar-refractivity contribution in [2.75, 3.05) is 33.3 Å². The molecule has 1 unspecified atom stereocenters. The Balaban J connectivity index is 1.76. The van der Waals surface area contributed by atoms with Gasteiger partial charge in [0.25, 0.3) is 0 Å². The molecule has 0 aliphatic carbocycles. The van der Waals surface area contributed by atoms with Crippen molar-refractivity contribution in [2.45, 2.75) is 33.1 Å². The number of piperidine rings is 1. The molecule has 138 valence electrons. The Labute approximate surface area is 149 Å². The molecule has 1 fully saturated rings. The molecular formula is C19H29N3O3. The van der Waals surface area contributed by atoms with Crippen molar-refractivity contribution in [1.29, 1.82) is 0 Å². The molecule has 0 aromatic heterocycles. The second kappa shape index (κ2) is 8.74. The van der Waals surface area contributed by atoms with Crippen LogP contribution in [0.2, 0.25) is 0 Å². The van der Waals surface area contributed by atoms with Crippen molar-refractivity contribution < 1.29 is 14.3 Å². The van der Waals surface area contributed by atoms with Gasteiger partial charge in [0.1, 0.15) is 5.75 Å². The lowest BCUT2D eigenvalue weighted by Gasteiger charge is -2.33. The van der Waals surface area contributed by atoms with E-state index >= 15 is 0 Å². The van der Waals surface area contributed by atoms with E-state index in [1.54, 1.807) is 9.80 Å². The van der Waals surface area contributed by atoms with Crippen LogP contribution in [0.5, 0.6) is 5.75 Å². The summed E-state index contributed by atoms with van der Waals surface area (Å²) in [6, 6.07) is 5.70. The van der Waals surface area contributed by atoms with Crippen LogP contribution < -0.4 is 10.5 Å². The normalized spacial score (nSPS) is 17.2. The van der Waals surface area contributed by atoms with Gasteiger partial charge in [-0.1, -0.05) is 12.1 Å². The first-order chi connectivity index (χ1) is 11.9. The Bertz CT molecular complexity index is 618. The second-order valence-corrected chi connectivity index (χ2v) is 6.85. The lowest BCUT2D eigenvalue weighted by molar-refractivity contribution is -0.135. The Morgan fingerprint density at radius 2 is 2.12 bits per heavy atom. The number of ether oxygens (including phenoxy) is 1. The maximum Gasteiger partial charge on any atom is 0.314 e. The molecule has 2 rings (SSSR count). The highest BCUT2D eigenvalue weighted by Crippen LogP contribution is 2.20. The topological polar surface area (TPSA) is 75.9 Å². The van der Waals surface area contributed by atoms with Gasteiger partial charge in [-0.25, -0.2) is 4.79 Å². The predicted molar refractivity (Wildman–Crippen MR) is 97.5 cm³/mol. The molecule has 3 amide bonds. The Hall–Kier alpha value is -2.24. The second-order valence-electron chi connectivity index (χ2n) is 6.85. The van der Waals surface area contributed by atoms with Crippen LogP contribution in [0, 0.1) is 19.8 Å². The SMILES string of the molecule is Cc1ccc(C)c(OCCCN(C)C(=O)C2CCCN(C(N)=O)C2)c1. The highest BCUT2D eigenvalue weighted by molar-refractivity contribution is 5.80. The van der Waals surface area contributed by atoms with Crippen molar-refractivity contribution in [3.63, 3.8) is 0 Å². The molecule has 1 aromatic rings. The number of rotatable bonds is 6. The molecule has 25 heavy (non-hydrogen) atoms. The van der Waals surface area contributed by atoms with Gasteiger partial charge in [-0.2, -0.15) is 0 Å². The molecule has 1 atom stereocenters. The zero-order valence-corrected chi connectivity index (χ0v) is 15.5. The molecular weight excluding hydrogens is 318 g/mol. The van der Waals surface area contributed by atoms with Gasteiger partial charge in [0.05, 0.1) is 12.5 Å². The van der Waals surface area contributed by atoms with Crippen molar-refractivity contribution >= 4 is 11.9 Å². The van der Waals surface area contributed by atoms with E-state index < -0.39 is 6.03 Å². The van der Waals surface area contributed by atoms with E-state index in [0.29, 0.717) is 26.2 Å². The number of urea groups is 1. The first-order valence-corrected chi connectivity index (χ1v) is 8.88. The maximum atomic E-state index is 12.5. The molecule has 0 radical (unpaired) electrons. The van der Waals surface area contributed by atoms with Crippen LogP contribution in [0.25, 0.3) is 0 Å². The minimum absolute atomic E-state index is 0.0812. The monoisotopic (exact) mass is 347 g/mol. The summed E-state index contributed by atoms with van der Waals surface area (Å²) in [4.78, 5) is 27.1. The summed E-state index contributed by atoms with van der Waals surface area (Å²) in [7, 11) is 1.81. The molecule has 1 aliphatic rings.